The molecule has 3 rings (SSSR count). The second-order valence-electron chi connectivity index (χ2n) is 7.73. The third-order valence-electron chi connectivity index (χ3n) is 5.70. The van der Waals surface area contributed by atoms with Gasteiger partial charge in [0.05, 0.1) is 46.4 Å². The number of alkyl halides is 3. The fourth-order valence-corrected chi connectivity index (χ4v) is 3.86. The lowest BCUT2D eigenvalue weighted by molar-refractivity contribution is -0.153. The summed E-state index contributed by atoms with van der Waals surface area (Å²) in [4.78, 5) is 26.8. The van der Waals surface area contributed by atoms with E-state index < -0.39 is 46.2 Å². The van der Waals surface area contributed by atoms with E-state index in [9.17, 15) is 22.8 Å². The van der Waals surface area contributed by atoms with Crippen LogP contribution in [0, 0.1) is 17.2 Å². The van der Waals surface area contributed by atoms with Crippen LogP contribution in [-0.4, -0.2) is 23.0 Å². The Morgan fingerprint density at radius 3 is 2.50 bits per heavy atom. The van der Waals surface area contributed by atoms with Gasteiger partial charge >= 0.3 is 6.18 Å². The van der Waals surface area contributed by atoms with Gasteiger partial charge in [-0.3, -0.25) is 14.5 Å². The number of imide groups is 1. The first-order valence-electron chi connectivity index (χ1n) is 8.69. The van der Waals surface area contributed by atoms with Crippen molar-refractivity contribution >= 4 is 17.5 Å². The highest BCUT2D eigenvalue weighted by molar-refractivity contribution is 6.16. The Hall–Kier alpha value is -2.66. The number of fused-ring (bicyclic) bond motifs is 2. The molecule has 0 radical (unpaired) electrons. The Labute approximate surface area is 160 Å². The van der Waals surface area contributed by atoms with E-state index in [1.54, 1.807) is 20.8 Å². The van der Waals surface area contributed by atoms with E-state index in [0.717, 1.165) is 11.0 Å². The fourth-order valence-electron chi connectivity index (χ4n) is 3.86. The summed E-state index contributed by atoms with van der Waals surface area (Å²) in [7, 11) is 0. The molecule has 5 nitrogen and oxygen atoms in total. The van der Waals surface area contributed by atoms with Gasteiger partial charge in [-0.15, -0.1) is 0 Å². The highest BCUT2D eigenvalue weighted by atomic mass is 19.4. The lowest BCUT2D eigenvalue weighted by Crippen LogP contribution is -2.53. The van der Waals surface area contributed by atoms with E-state index in [4.69, 9.17) is 10.00 Å². The molecule has 1 aromatic rings. The number of hydrogen-bond donors (Lipinski definition) is 0. The van der Waals surface area contributed by atoms with Crippen LogP contribution >= 0.6 is 0 Å². The van der Waals surface area contributed by atoms with Crippen LogP contribution in [-0.2, 0) is 20.5 Å². The topological polar surface area (TPSA) is 70.4 Å². The van der Waals surface area contributed by atoms with E-state index >= 15 is 0 Å². The maximum atomic E-state index is 13.3. The normalized spacial score (nSPS) is 30.8. The van der Waals surface area contributed by atoms with Crippen molar-refractivity contribution in [1.29, 1.82) is 5.26 Å². The standard InChI is InChI=1S/C20H19F3N2O3/c1-11-8-19(4)12(2)17(27)25(16(26)9-18(11,3)28-19)14-6-5-13(10-24)15(7-14)20(21,22)23/h5-7,12H,1,8-9H2,2-4H3/t12-,18?,19?/m1/s1. The van der Waals surface area contributed by atoms with Crippen molar-refractivity contribution in [2.24, 2.45) is 5.92 Å². The van der Waals surface area contributed by atoms with Crippen LogP contribution in [0.1, 0.15) is 44.7 Å². The van der Waals surface area contributed by atoms with E-state index in [1.807, 2.05) is 0 Å². The second-order valence-corrected chi connectivity index (χ2v) is 7.73. The molecule has 2 aliphatic heterocycles. The van der Waals surface area contributed by atoms with Crippen molar-refractivity contribution in [3.8, 4) is 6.07 Å². The molecule has 0 spiro atoms. The smallest absolute Gasteiger partial charge is 0.363 e. The summed E-state index contributed by atoms with van der Waals surface area (Å²) < 4.78 is 46.1. The summed E-state index contributed by atoms with van der Waals surface area (Å²) in [5.41, 5.74) is -3.23. The van der Waals surface area contributed by atoms with Crippen molar-refractivity contribution in [2.45, 2.75) is 51.0 Å². The number of amides is 2. The monoisotopic (exact) mass is 392 g/mol. The van der Waals surface area contributed by atoms with Crippen LogP contribution in [0.25, 0.3) is 0 Å². The molecule has 2 amide bonds. The Kier molecular flexibility index (Phi) is 4.43. The molecule has 2 heterocycles. The predicted molar refractivity (Wildman–Crippen MR) is 94.1 cm³/mol. The Morgan fingerprint density at radius 1 is 1.29 bits per heavy atom. The van der Waals surface area contributed by atoms with Gasteiger partial charge in [0.15, 0.2) is 0 Å². The van der Waals surface area contributed by atoms with Crippen LogP contribution < -0.4 is 4.90 Å². The average Bonchev–Trinajstić information content (AvgIpc) is 2.82. The zero-order chi connectivity index (χ0) is 21.1. The molecule has 148 valence electrons. The van der Waals surface area contributed by atoms with Crippen molar-refractivity contribution in [1.82, 2.24) is 0 Å². The minimum atomic E-state index is -4.80. The number of ether oxygens (including phenoxy) is 1. The van der Waals surface area contributed by atoms with Crippen LogP contribution in [0.4, 0.5) is 18.9 Å². The minimum absolute atomic E-state index is 0.215. The number of carbonyl (C=O) groups excluding carboxylic acids is 2. The predicted octanol–water partition coefficient (Wildman–Crippen LogP) is 3.97. The zero-order valence-corrected chi connectivity index (χ0v) is 15.7. The molecular weight excluding hydrogens is 373 g/mol. The number of nitrogens with zero attached hydrogens (tertiary/aromatic N) is 2. The molecule has 2 aliphatic rings. The van der Waals surface area contributed by atoms with Gasteiger partial charge in [-0.1, -0.05) is 13.5 Å². The highest BCUT2D eigenvalue weighted by Gasteiger charge is 2.55. The fraction of sp³-hybridized carbons (Fsp3) is 0.450. The molecule has 2 unspecified atom stereocenters. The Morgan fingerprint density at radius 2 is 1.93 bits per heavy atom. The van der Waals surface area contributed by atoms with Crippen LogP contribution in [0.3, 0.4) is 0 Å². The van der Waals surface area contributed by atoms with Gasteiger partial charge < -0.3 is 4.74 Å². The van der Waals surface area contributed by atoms with Crippen molar-refractivity contribution in [2.75, 3.05) is 4.90 Å². The van der Waals surface area contributed by atoms with Crippen molar-refractivity contribution in [3.63, 3.8) is 0 Å². The van der Waals surface area contributed by atoms with Crippen LogP contribution in [0.15, 0.2) is 30.4 Å². The van der Waals surface area contributed by atoms with Crippen molar-refractivity contribution in [3.05, 3.63) is 41.5 Å². The quantitative estimate of drug-likeness (QED) is 0.536. The van der Waals surface area contributed by atoms with Gasteiger partial charge in [0.25, 0.3) is 0 Å². The first kappa shape index (κ1) is 20.1. The minimum Gasteiger partial charge on any atom is -0.363 e. The first-order chi connectivity index (χ1) is 12.8. The summed E-state index contributed by atoms with van der Waals surface area (Å²) in [6, 6.07) is 4.31. The van der Waals surface area contributed by atoms with E-state index in [2.05, 4.69) is 6.58 Å². The first-order valence-corrected chi connectivity index (χ1v) is 8.69. The molecule has 3 atom stereocenters. The third kappa shape index (κ3) is 3.00. The average molecular weight is 392 g/mol. The summed E-state index contributed by atoms with van der Waals surface area (Å²) in [5.74, 6) is -2.12. The van der Waals surface area contributed by atoms with Gasteiger partial charge in [0, 0.05) is 6.42 Å². The molecule has 2 fully saturated rings. The van der Waals surface area contributed by atoms with Gasteiger partial charge in [0.2, 0.25) is 11.8 Å². The maximum Gasteiger partial charge on any atom is 0.417 e. The number of halogens is 3. The molecule has 0 saturated carbocycles. The lowest BCUT2D eigenvalue weighted by Gasteiger charge is -2.39. The molecule has 2 saturated heterocycles. The number of benzene rings is 1. The van der Waals surface area contributed by atoms with Gasteiger partial charge in [-0.05, 0) is 37.6 Å². The van der Waals surface area contributed by atoms with E-state index in [-0.39, 0.29) is 12.1 Å². The molecular formula is C20H19F3N2O3. The molecule has 1 aromatic carbocycles. The summed E-state index contributed by atoms with van der Waals surface area (Å²) in [5, 5.41) is 8.96. The third-order valence-corrected chi connectivity index (χ3v) is 5.70. The molecule has 2 bridgehead atoms. The summed E-state index contributed by atoms with van der Waals surface area (Å²) in [6.07, 6.45) is -4.64. The number of rotatable bonds is 1. The maximum absolute atomic E-state index is 13.3. The summed E-state index contributed by atoms with van der Waals surface area (Å²) >= 11 is 0. The number of carbonyl (C=O) groups is 2. The SMILES string of the molecule is C=C1CC2(C)OC1(C)CC(=O)N(c1ccc(C#N)c(C(F)(F)F)c1)C(=O)[C@H]2C. The molecule has 28 heavy (non-hydrogen) atoms. The molecule has 0 aliphatic carbocycles. The zero-order valence-electron chi connectivity index (χ0n) is 15.7. The van der Waals surface area contributed by atoms with E-state index in [0.29, 0.717) is 18.1 Å². The van der Waals surface area contributed by atoms with Crippen LogP contribution in [0.2, 0.25) is 0 Å². The highest BCUT2D eigenvalue weighted by Crippen LogP contribution is 2.49. The van der Waals surface area contributed by atoms with Gasteiger partial charge in [-0.2, -0.15) is 18.4 Å². The van der Waals surface area contributed by atoms with Gasteiger partial charge in [0.1, 0.15) is 0 Å². The number of hydrogen-bond acceptors (Lipinski definition) is 4. The summed E-state index contributed by atoms with van der Waals surface area (Å²) in [6.45, 7) is 8.98. The van der Waals surface area contributed by atoms with E-state index in [1.165, 1.54) is 12.1 Å². The molecule has 0 aromatic heterocycles. The van der Waals surface area contributed by atoms with Crippen LogP contribution in [0.5, 0.6) is 0 Å². The number of nitriles is 1. The Balaban J connectivity index is 2.14. The molecule has 8 heteroatoms. The molecule has 0 N–H and O–H groups in total. The van der Waals surface area contributed by atoms with Crippen molar-refractivity contribution < 1.29 is 27.5 Å². The largest absolute Gasteiger partial charge is 0.417 e. The second kappa shape index (κ2) is 6.17. The lowest BCUT2D eigenvalue weighted by atomic mass is 9.85. The number of anilines is 1. The Bertz CT molecular complexity index is 934. The van der Waals surface area contributed by atoms with Gasteiger partial charge in [-0.25, -0.2) is 0 Å².